The number of nitrogens with zero attached hydrogens (tertiary/aromatic N) is 4. The second kappa shape index (κ2) is 7.00. The molecule has 2 aromatic heterocycles. The molecule has 0 aliphatic carbocycles. The topological polar surface area (TPSA) is 69.5 Å². The van der Waals surface area contributed by atoms with Crippen LogP contribution in [-0.2, 0) is 23.0 Å². The average molecular weight is 346 g/mol. The third-order valence-corrected chi connectivity index (χ3v) is 4.90. The summed E-state index contributed by atoms with van der Waals surface area (Å²) in [5, 5.41) is 5.30. The monoisotopic (exact) mass is 346 g/mol. The minimum absolute atomic E-state index is 0.110. The lowest BCUT2D eigenvalue weighted by Gasteiger charge is -2.31. The smallest absolute Gasteiger partial charge is 0.242 e. The summed E-state index contributed by atoms with van der Waals surface area (Å²) in [4.78, 5) is 19.1. The van der Waals surface area contributed by atoms with Crippen molar-refractivity contribution >= 4 is 16.9 Å². The van der Waals surface area contributed by atoms with Crippen molar-refractivity contribution in [3.8, 4) is 5.88 Å². The van der Waals surface area contributed by atoms with E-state index in [2.05, 4.69) is 17.0 Å². The molecule has 1 atom stereocenters. The van der Waals surface area contributed by atoms with Crippen LogP contribution in [0.5, 0.6) is 5.88 Å². The van der Waals surface area contributed by atoms with E-state index >= 15 is 0 Å². The molecule has 1 amide bonds. The first-order valence-corrected chi connectivity index (χ1v) is 8.68. The molecule has 3 rings (SSSR count). The standard InChI is InChI=1S/C18H26N4O3/c1-11-10-22(8-9-25-11)15(23)7-6-14-12(2)16-17(19-13(14)3)21(4)20-18(16)24-5/h11H,6-10H2,1-5H3/t11-/m0/s1. The highest BCUT2D eigenvalue weighted by Gasteiger charge is 2.23. The maximum atomic E-state index is 12.5. The lowest BCUT2D eigenvalue weighted by atomic mass is 10.00. The Kier molecular flexibility index (Phi) is 4.94. The molecule has 1 aliphatic rings. The molecule has 1 fully saturated rings. The number of pyridine rings is 1. The molecule has 0 unspecified atom stereocenters. The molecule has 1 aliphatic heterocycles. The normalized spacial score (nSPS) is 18.0. The van der Waals surface area contributed by atoms with Crippen LogP contribution >= 0.6 is 0 Å². The molecule has 0 aromatic carbocycles. The van der Waals surface area contributed by atoms with Gasteiger partial charge in [-0.15, -0.1) is 5.10 Å². The quantitative estimate of drug-likeness (QED) is 0.844. The molecule has 136 valence electrons. The molecule has 0 bridgehead atoms. The summed E-state index contributed by atoms with van der Waals surface area (Å²) in [6, 6.07) is 0. The summed E-state index contributed by atoms with van der Waals surface area (Å²) in [6.45, 7) is 8.01. The Morgan fingerprint density at radius 2 is 2.16 bits per heavy atom. The third-order valence-electron chi connectivity index (χ3n) is 4.90. The van der Waals surface area contributed by atoms with Crippen LogP contribution in [0.2, 0.25) is 0 Å². The largest absolute Gasteiger partial charge is 0.479 e. The minimum atomic E-state index is 0.110. The van der Waals surface area contributed by atoms with Gasteiger partial charge >= 0.3 is 0 Å². The molecule has 0 radical (unpaired) electrons. The molecule has 7 nitrogen and oxygen atoms in total. The summed E-state index contributed by atoms with van der Waals surface area (Å²) < 4.78 is 12.6. The van der Waals surface area contributed by atoms with Gasteiger partial charge in [-0.05, 0) is 38.3 Å². The second-order valence-electron chi connectivity index (χ2n) is 6.65. The van der Waals surface area contributed by atoms with Gasteiger partial charge in [-0.1, -0.05) is 0 Å². The van der Waals surface area contributed by atoms with Crippen LogP contribution in [0.15, 0.2) is 0 Å². The number of amides is 1. The maximum absolute atomic E-state index is 12.5. The van der Waals surface area contributed by atoms with Crippen molar-refractivity contribution in [2.24, 2.45) is 7.05 Å². The van der Waals surface area contributed by atoms with E-state index in [1.807, 2.05) is 25.8 Å². The van der Waals surface area contributed by atoms with Crippen LogP contribution in [0.25, 0.3) is 11.0 Å². The first-order chi connectivity index (χ1) is 11.9. The molecule has 7 heteroatoms. The molecule has 0 N–H and O–H groups in total. The minimum Gasteiger partial charge on any atom is -0.479 e. The van der Waals surface area contributed by atoms with Gasteiger partial charge in [0.25, 0.3) is 0 Å². The molecule has 1 saturated heterocycles. The Bertz CT molecular complexity index is 799. The summed E-state index contributed by atoms with van der Waals surface area (Å²) in [5.74, 6) is 0.754. The van der Waals surface area contributed by atoms with Crippen LogP contribution in [0.1, 0.15) is 30.2 Å². The number of fused-ring (bicyclic) bond motifs is 1. The van der Waals surface area contributed by atoms with Crippen molar-refractivity contribution in [2.45, 2.75) is 39.7 Å². The number of rotatable bonds is 4. The molecule has 0 saturated carbocycles. The van der Waals surface area contributed by atoms with Crippen LogP contribution < -0.4 is 4.74 Å². The number of hydrogen-bond acceptors (Lipinski definition) is 5. The number of ether oxygens (including phenoxy) is 2. The van der Waals surface area contributed by atoms with E-state index in [-0.39, 0.29) is 12.0 Å². The fourth-order valence-corrected chi connectivity index (χ4v) is 3.54. The van der Waals surface area contributed by atoms with Crippen molar-refractivity contribution in [2.75, 3.05) is 26.8 Å². The van der Waals surface area contributed by atoms with Crippen molar-refractivity contribution in [1.29, 1.82) is 0 Å². The Morgan fingerprint density at radius 3 is 2.84 bits per heavy atom. The van der Waals surface area contributed by atoms with E-state index in [4.69, 9.17) is 9.47 Å². The molecular weight excluding hydrogens is 320 g/mol. The summed E-state index contributed by atoms with van der Waals surface area (Å²) in [5.41, 5.74) is 3.95. The van der Waals surface area contributed by atoms with Gasteiger partial charge in [-0.3, -0.25) is 4.79 Å². The van der Waals surface area contributed by atoms with Crippen molar-refractivity contribution < 1.29 is 14.3 Å². The van der Waals surface area contributed by atoms with E-state index in [1.165, 1.54) is 0 Å². The molecule has 2 aromatic rings. The van der Waals surface area contributed by atoms with Gasteiger partial charge in [0.15, 0.2) is 5.65 Å². The van der Waals surface area contributed by atoms with Crippen LogP contribution in [0, 0.1) is 13.8 Å². The number of methoxy groups -OCH3 is 1. The number of carbonyl (C=O) groups excluding carboxylic acids is 1. The zero-order chi connectivity index (χ0) is 18.1. The van der Waals surface area contributed by atoms with Gasteiger partial charge in [0.2, 0.25) is 11.8 Å². The van der Waals surface area contributed by atoms with Gasteiger partial charge in [-0.2, -0.15) is 0 Å². The number of hydrogen-bond donors (Lipinski definition) is 0. The zero-order valence-corrected chi connectivity index (χ0v) is 15.6. The summed E-state index contributed by atoms with van der Waals surface area (Å²) >= 11 is 0. The van der Waals surface area contributed by atoms with Gasteiger partial charge in [0, 0.05) is 32.3 Å². The third kappa shape index (κ3) is 3.33. The first kappa shape index (κ1) is 17.7. The molecule has 3 heterocycles. The van der Waals surface area contributed by atoms with Crippen LogP contribution in [-0.4, -0.2) is 58.5 Å². The predicted molar refractivity (Wildman–Crippen MR) is 94.9 cm³/mol. The maximum Gasteiger partial charge on any atom is 0.242 e. The van der Waals surface area contributed by atoms with Gasteiger partial charge in [-0.25, -0.2) is 9.67 Å². The molecular formula is C18H26N4O3. The SMILES string of the molecule is COc1nn(C)c2nc(C)c(CCC(=O)N3CCO[C@@H](C)C3)c(C)c12. The van der Waals surface area contributed by atoms with E-state index in [9.17, 15) is 4.79 Å². The summed E-state index contributed by atoms with van der Waals surface area (Å²) in [7, 11) is 3.48. The van der Waals surface area contributed by atoms with Crippen molar-refractivity contribution in [3.05, 3.63) is 16.8 Å². The summed E-state index contributed by atoms with van der Waals surface area (Å²) in [6.07, 6.45) is 1.26. The van der Waals surface area contributed by atoms with Crippen molar-refractivity contribution in [1.82, 2.24) is 19.7 Å². The van der Waals surface area contributed by atoms with Crippen LogP contribution in [0.3, 0.4) is 0 Å². The Morgan fingerprint density at radius 1 is 1.40 bits per heavy atom. The Hall–Kier alpha value is -2.15. The van der Waals surface area contributed by atoms with E-state index in [0.29, 0.717) is 38.4 Å². The number of morpholine rings is 1. The van der Waals surface area contributed by atoms with Gasteiger partial charge in [0.05, 0.1) is 25.2 Å². The fraction of sp³-hybridized carbons (Fsp3) is 0.611. The molecule has 25 heavy (non-hydrogen) atoms. The molecule has 0 spiro atoms. The number of aromatic nitrogens is 3. The first-order valence-electron chi connectivity index (χ1n) is 8.68. The van der Waals surface area contributed by atoms with Gasteiger partial charge in [0.1, 0.15) is 0 Å². The van der Waals surface area contributed by atoms with Crippen molar-refractivity contribution in [3.63, 3.8) is 0 Å². The lowest BCUT2D eigenvalue weighted by molar-refractivity contribution is -0.138. The van der Waals surface area contributed by atoms with E-state index in [0.717, 1.165) is 27.9 Å². The van der Waals surface area contributed by atoms with E-state index in [1.54, 1.807) is 11.8 Å². The highest BCUT2D eigenvalue weighted by molar-refractivity contribution is 5.86. The van der Waals surface area contributed by atoms with E-state index < -0.39 is 0 Å². The Balaban J connectivity index is 1.82. The Labute approximate surface area is 147 Å². The zero-order valence-electron chi connectivity index (χ0n) is 15.6. The highest BCUT2D eigenvalue weighted by Crippen LogP contribution is 2.30. The predicted octanol–water partition coefficient (Wildman–Crippen LogP) is 1.77. The lowest BCUT2D eigenvalue weighted by Crippen LogP contribution is -2.44. The fourth-order valence-electron chi connectivity index (χ4n) is 3.54. The van der Waals surface area contributed by atoms with Gasteiger partial charge < -0.3 is 14.4 Å². The number of carbonyl (C=O) groups is 1. The van der Waals surface area contributed by atoms with Crippen LogP contribution in [0.4, 0.5) is 0 Å². The second-order valence-corrected chi connectivity index (χ2v) is 6.65. The highest BCUT2D eigenvalue weighted by atomic mass is 16.5. The number of aryl methyl sites for hydroxylation is 3. The average Bonchev–Trinajstić information content (AvgIpc) is 2.90.